The minimum absolute atomic E-state index is 0.180. The average Bonchev–Trinajstić information content (AvgIpc) is 2.56. The van der Waals surface area contributed by atoms with Crippen LogP contribution >= 0.6 is 43.2 Å². The van der Waals surface area contributed by atoms with Crippen LogP contribution < -0.4 is 5.32 Å². The van der Waals surface area contributed by atoms with Crippen LogP contribution in [0.15, 0.2) is 14.3 Å². The zero-order valence-electron chi connectivity index (χ0n) is 8.50. The molecule has 90 valence electrons. The first-order valence-corrected chi connectivity index (χ1v) is 6.85. The van der Waals surface area contributed by atoms with E-state index in [4.69, 9.17) is 4.74 Å². The van der Waals surface area contributed by atoms with Crippen molar-refractivity contribution in [3.05, 3.63) is 19.2 Å². The highest BCUT2D eigenvalue weighted by Gasteiger charge is 2.13. The van der Waals surface area contributed by atoms with Crippen LogP contribution in [0.2, 0.25) is 0 Å². The number of hydrogen-bond acceptors (Lipinski definition) is 4. The average molecular weight is 373 g/mol. The minimum atomic E-state index is -0.680. The lowest BCUT2D eigenvalue weighted by Crippen LogP contribution is -2.33. The molecule has 4 nitrogen and oxygen atoms in total. The molecule has 1 amide bonds. The van der Waals surface area contributed by atoms with Gasteiger partial charge >= 0.3 is 0 Å². The fraction of sp³-hybridized carbons (Fsp3) is 0.444. The highest BCUT2D eigenvalue weighted by molar-refractivity contribution is 9.13. The van der Waals surface area contributed by atoms with Gasteiger partial charge in [0.1, 0.15) is 0 Å². The number of aliphatic hydroxyl groups is 1. The van der Waals surface area contributed by atoms with Crippen molar-refractivity contribution in [1.82, 2.24) is 5.32 Å². The van der Waals surface area contributed by atoms with Crippen LogP contribution in [0.3, 0.4) is 0 Å². The third-order valence-electron chi connectivity index (χ3n) is 1.73. The number of amides is 1. The van der Waals surface area contributed by atoms with E-state index < -0.39 is 6.10 Å². The zero-order valence-corrected chi connectivity index (χ0v) is 12.5. The molecule has 0 fully saturated rings. The van der Waals surface area contributed by atoms with Crippen LogP contribution in [0.25, 0.3) is 0 Å². The molecule has 16 heavy (non-hydrogen) atoms. The topological polar surface area (TPSA) is 58.6 Å². The normalized spacial score (nSPS) is 12.5. The van der Waals surface area contributed by atoms with Gasteiger partial charge < -0.3 is 15.2 Å². The second-order valence-electron chi connectivity index (χ2n) is 3.05. The zero-order chi connectivity index (χ0) is 12.1. The lowest BCUT2D eigenvalue weighted by atomic mass is 10.3. The SMILES string of the molecule is COCC(O)CNC(=O)c1cc(Br)c(Br)s1. The van der Waals surface area contributed by atoms with Gasteiger partial charge in [-0.3, -0.25) is 4.79 Å². The van der Waals surface area contributed by atoms with Crippen molar-refractivity contribution in [3.63, 3.8) is 0 Å². The molecule has 0 bridgehead atoms. The van der Waals surface area contributed by atoms with Gasteiger partial charge in [0.2, 0.25) is 0 Å². The maximum Gasteiger partial charge on any atom is 0.261 e. The van der Waals surface area contributed by atoms with E-state index in [1.165, 1.54) is 18.4 Å². The third kappa shape index (κ3) is 4.14. The highest BCUT2D eigenvalue weighted by atomic mass is 79.9. The molecule has 1 aromatic rings. The number of thiophene rings is 1. The van der Waals surface area contributed by atoms with Crippen LogP contribution in [0.4, 0.5) is 0 Å². The molecule has 1 heterocycles. The molecule has 0 saturated heterocycles. The standard InChI is InChI=1S/C9H11Br2NO3S/c1-15-4-5(13)3-12-9(14)7-2-6(10)8(11)16-7/h2,5,13H,3-4H2,1H3,(H,12,14). The van der Waals surface area contributed by atoms with Crippen LogP contribution in [0.1, 0.15) is 9.67 Å². The molecule has 0 aliphatic heterocycles. The Bertz CT molecular complexity index is 350. The quantitative estimate of drug-likeness (QED) is 0.831. The minimum Gasteiger partial charge on any atom is -0.389 e. The number of aliphatic hydroxyl groups excluding tert-OH is 1. The van der Waals surface area contributed by atoms with Crippen molar-refractivity contribution in [3.8, 4) is 0 Å². The second kappa shape index (κ2) is 6.70. The van der Waals surface area contributed by atoms with Crippen molar-refractivity contribution in [2.45, 2.75) is 6.10 Å². The van der Waals surface area contributed by atoms with Gasteiger partial charge in [0.05, 0.1) is 21.4 Å². The first-order valence-electron chi connectivity index (χ1n) is 4.44. The number of hydrogen-bond donors (Lipinski definition) is 2. The number of ether oxygens (including phenoxy) is 1. The van der Waals surface area contributed by atoms with Crippen LogP contribution in [0, 0.1) is 0 Å². The highest BCUT2D eigenvalue weighted by Crippen LogP contribution is 2.32. The number of halogens is 2. The number of methoxy groups -OCH3 is 1. The van der Waals surface area contributed by atoms with E-state index in [-0.39, 0.29) is 19.1 Å². The van der Waals surface area contributed by atoms with E-state index in [1.54, 1.807) is 6.07 Å². The van der Waals surface area contributed by atoms with E-state index in [9.17, 15) is 9.90 Å². The second-order valence-corrected chi connectivity index (χ2v) is 6.28. The first kappa shape index (κ1) is 14.1. The summed E-state index contributed by atoms with van der Waals surface area (Å²) in [6.07, 6.45) is -0.680. The van der Waals surface area contributed by atoms with E-state index in [0.717, 1.165) is 8.26 Å². The maximum absolute atomic E-state index is 11.6. The summed E-state index contributed by atoms with van der Waals surface area (Å²) < 4.78 is 6.47. The summed E-state index contributed by atoms with van der Waals surface area (Å²) in [6, 6.07) is 1.73. The van der Waals surface area contributed by atoms with E-state index in [2.05, 4.69) is 37.2 Å². The number of carbonyl (C=O) groups excluding carboxylic acids is 1. The molecule has 1 rings (SSSR count). The fourth-order valence-corrected chi connectivity index (χ4v) is 2.96. The fourth-order valence-electron chi connectivity index (χ4n) is 1.01. The van der Waals surface area contributed by atoms with Crippen LogP contribution in [-0.4, -0.2) is 37.4 Å². The first-order chi connectivity index (χ1) is 7.54. The predicted molar refractivity (Wildman–Crippen MR) is 69.9 cm³/mol. The van der Waals surface area contributed by atoms with Gasteiger partial charge in [0.25, 0.3) is 5.91 Å². The monoisotopic (exact) mass is 371 g/mol. The Morgan fingerprint density at radius 1 is 1.69 bits per heavy atom. The predicted octanol–water partition coefficient (Wildman–Crippen LogP) is 2.01. The van der Waals surface area contributed by atoms with Gasteiger partial charge in [-0.1, -0.05) is 0 Å². The van der Waals surface area contributed by atoms with Gasteiger partial charge in [0, 0.05) is 18.1 Å². The van der Waals surface area contributed by atoms with Gasteiger partial charge in [-0.25, -0.2) is 0 Å². The molecule has 0 radical (unpaired) electrons. The summed E-state index contributed by atoms with van der Waals surface area (Å²) >= 11 is 7.95. The van der Waals surface area contributed by atoms with Gasteiger partial charge in [-0.05, 0) is 37.9 Å². The smallest absolute Gasteiger partial charge is 0.261 e. The Labute approximate surface area is 114 Å². The van der Waals surface area contributed by atoms with Crippen molar-refractivity contribution < 1.29 is 14.6 Å². The Hall–Kier alpha value is 0.0500. The lowest BCUT2D eigenvalue weighted by molar-refractivity contribution is 0.0611. The van der Waals surface area contributed by atoms with Crippen molar-refractivity contribution in [2.75, 3.05) is 20.3 Å². The van der Waals surface area contributed by atoms with E-state index in [0.29, 0.717) is 4.88 Å². The van der Waals surface area contributed by atoms with Gasteiger partial charge in [0.15, 0.2) is 0 Å². The summed E-state index contributed by atoms with van der Waals surface area (Å²) in [7, 11) is 1.50. The van der Waals surface area contributed by atoms with E-state index in [1.807, 2.05) is 0 Å². The Kier molecular flexibility index (Phi) is 5.91. The molecular weight excluding hydrogens is 362 g/mol. The number of carbonyl (C=O) groups is 1. The summed E-state index contributed by atoms with van der Waals surface area (Å²) in [5.41, 5.74) is 0. The summed E-state index contributed by atoms with van der Waals surface area (Å²) in [4.78, 5) is 12.2. The molecule has 1 unspecified atom stereocenters. The van der Waals surface area contributed by atoms with Gasteiger partial charge in [-0.15, -0.1) is 11.3 Å². The summed E-state index contributed by atoms with van der Waals surface area (Å²) in [6.45, 7) is 0.387. The van der Waals surface area contributed by atoms with Gasteiger partial charge in [-0.2, -0.15) is 0 Å². The van der Waals surface area contributed by atoms with Crippen molar-refractivity contribution >= 4 is 49.1 Å². The van der Waals surface area contributed by atoms with Crippen molar-refractivity contribution in [1.29, 1.82) is 0 Å². The molecule has 0 aliphatic rings. The molecule has 1 aromatic heterocycles. The summed E-state index contributed by atoms with van der Waals surface area (Å²) in [5.74, 6) is -0.202. The summed E-state index contributed by atoms with van der Waals surface area (Å²) in [5, 5.41) is 12.0. The Morgan fingerprint density at radius 3 is 2.88 bits per heavy atom. The molecule has 1 atom stereocenters. The van der Waals surface area contributed by atoms with Crippen molar-refractivity contribution in [2.24, 2.45) is 0 Å². The molecule has 2 N–H and O–H groups in total. The lowest BCUT2D eigenvalue weighted by Gasteiger charge is -2.09. The molecule has 0 aromatic carbocycles. The van der Waals surface area contributed by atoms with Crippen LogP contribution in [-0.2, 0) is 4.74 Å². The number of nitrogens with one attached hydrogen (secondary N) is 1. The number of rotatable bonds is 5. The molecule has 0 aliphatic carbocycles. The molecule has 0 spiro atoms. The van der Waals surface area contributed by atoms with Crippen LogP contribution in [0.5, 0.6) is 0 Å². The van der Waals surface area contributed by atoms with E-state index >= 15 is 0 Å². The Balaban J connectivity index is 2.46. The molecular formula is C9H11Br2NO3S. The third-order valence-corrected chi connectivity index (χ3v) is 4.98. The Morgan fingerprint density at radius 2 is 2.38 bits per heavy atom. The maximum atomic E-state index is 11.6. The molecule has 7 heteroatoms. The molecule has 0 saturated carbocycles. The largest absolute Gasteiger partial charge is 0.389 e.